The molecule has 0 spiro atoms. The van der Waals surface area contributed by atoms with Gasteiger partial charge < -0.3 is 15.4 Å². The van der Waals surface area contributed by atoms with Gasteiger partial charge in [-0.3, -0.25) is 0 Å². The molecule has 3 rings (SSSR count). The second kappa shape index (κ2) is 5.60. The van der Waals surface area contributed by atoms with Gasteiger partial charge in [0.25, 0.3) is 0 Å². The van der Waals surface area contributed by atoms with Crippen molar-refractivity contribution in [1.29, 1.82) is 0 Å². The van der Waals surface area contributed by atoms with Crippen LogP contribution in [-0.2, 0) is 4.74 Å². The highest BCUT2D eigenvalue weighted by Crippen LogP contribution is 2.40. The quantitative estimate of drug-likeness (QED) is 0.801. The molecule has 8 nitrogen and oxygen atoms in total. The lowest BCUT2D eigenvalue weighted by Gasteiger charge is -2.24. The Bertz CT molecular complexity index is 754. The van der Waals surface area contributed by atoms with E-state index in [1.165, 1.54) is 6.33 Å². The van der Waals surface area contributed by atoms with Gasteiger partial charge in [0.05, 0.1) is 23.4 Å². The molecule has 124 valence electrons. The van der Waals surface area contributed by atoms with E-state index in [9.17, 15) is 4.79 Å². The molecule has 2 aromatic heterocycles. The average Bonchev–Trinajstić information content (AvgIpc) is 3.02. The number of ether oxygens (including phenoxy) is 1. The van der Waals surface area contributed by atoms with E-state index in [1.807, 2.05) is 32.4 Å². The summed E-state index contributed by atoms with van der Waals surface area (Å²) in [5.74, 6) is 0.525. The first-order chi connectivity index (χ1) is 10.8. The largest absolute Gasteiger partial charge is 0.444 e. The number of hydrogen-bond donors (Lipinski definition) is 1. The number of fused-ring (bicyclic) bond motifs is 1. The first kappa shape index (κ1) is 15.9. The van der Waals surface area contributed by atoms with Crippen molar-refractivity contribution in [1.82, 2.24) is 24.6 Å². The highest BCUT2D eigenvalue weighted by atomic mass is 31.1. The number of amides is 1. The molecule has 1 aliphatic rings. The SMILES string of the molecule is Cc1nn(C2CN(C(=O)OC(C)(C)C)CP2)c2ncnc(N)c12. The summed E-state index contributed by atoms with van der Waals surface area (Å²) in [5.41, 5.74) is 6.96. The number of rotatable bonds is 1. The molecule has 0 saturated carbocycles. The van der Waals surface area contributed by atoms with Crippen LogP contribution in [0.25, 0.3) is 11.0 Å². The second-order valence-corrected chi connectivity index (χ2v) is 7.96. The highest BCUT2D eigenvalue weighted by Gasteiger charge is 2.32. The maximum atomic E-state index is 12.2. The van der Waals surface area contributed by atoms with Crippen molar-refractivity contribution in [2.24, 2.45) is 0 Å². The van der Waals surface area contributed by atoms with Crippen LogP contribution in [0.5, 0.6) is 0 Å². The Morgan fingerprint density at radius 3 is 2.87 bits per heavy atom. The zero-order chi connectivity index (χ0) is 16.8. The summed E-state index contributed by atoms with van der Waals surface area (Å²) in [6.07, 6.45) is 1.83. The Labute approximate surface area is 136 Å². The smallest absolute Gasteiger partial charge is 0.410 e. The Hall–Kier alpha value is -1.95. The number of anilines is 1. The van der Waals surface area contributed by atoms with E-state index in [0.29, 0.717) is 27.2 Å². The molecular formula is C14H21N6O2P. The van der Waals surface area contributed by atoms with E-state index >= 15 is 0 Å². The lowest BCUT2D eigenvalue weighted by Crippen LogP contribution is -2.35. The van der Waals surface area contributed by atoms with E-state index < -0.39 is 5.60 Å². The van der Waals surface area contributed by atoms with Crippen molar-refractivity contribution in [2.75, 3.05) is 18.6 Å². The molecule has 2 unspecified atom stereocenters. The molecule has 1 saturated heterocycles. The van der Waals surface area contributed by atoms with Gasteiger partial charge in [0.2, 0.25) is 0 Å². The normalized spacial score (nSPS) is 19.7. The molecule has 0 radical (unpaired) electrons. The van der Waals surface area contributed by atoms with E-state index in [2.05, 4.69) is 15.1 Å². The lowest BCUT2D eigenvalue weighted by molar-refractivity contribution is 0.0294. The number of aromatic nitrogens is 4. The van der Waals surface area contributed by atoms with Crippen molar-refractivity contribution in [3.63, 3.8) is 0 Å². The molecule has 1 fully saturated rings. The summed E-state index contributed by atoms with van der Waals surface area (Å²) in [7, 11) is 0.534. The summed E-state index contributed by atoms with van der Waals surface area (Å²) in [4.78, 5) is 22.3. The molecule has 2 N–H and O–H groups in total. The number of nitrogen functional groups attached to an aromatic ring is 1. The minimum absolute atomic E-state index is 0.0908. The predicted molar refractivity (Wildman–Crippen MR) is 89.6 cm³/mol. The number of nitrogens with zero attached hydrogens (tertiary/aromatic N) is 5. The third kappa shape index (κ3) is 3.08. The molecule has 0 bridgehead atoms. The summed E-state index contributed by atoms with van der Waals surface area (Å²) in [6.45, 7) is 8.05. The third-order valence-corrected chi connectivity index (χ3v) is 5.01. The topological polar surface area (TPSA) is 99.2 Å². The first-order valence-electron chi connectivity index (χ1n) is 7.43. The van der Waals surface area contributed by atoms with Crippen LogP contribution in [0.15, 0.2) is 6.33 Å². The summed E-state index contributed by atoms with van der Waals surface area (Å²) in [5, 5.41) is 5.35. The van der Waals surface area contributed by atoms with Gasteiger partial charge in [-0.1, -0.05) is 8.58 Å². The maximum absolute atomic E-state index is 12.2. The first-order valence-corrected chi connectivity index (χ1v) is 8.71. The zero-order valence-corrected chi connectivity index (χ0v) is 14.7. The van der Waals surface area contributed by atoms with E-state index in [1.54, 1.807) is 4.90 Å². The van der Waals surface area contributed by atoms with Crippen LogP contribution in [0, 0.1) is 6.92 Å². The number of aryl methyl sites for hydroxylation is 1. The fraction of sp³-hybridized carbons (Fsp3) is 0.571. The fourth-order valence-corrected chi connectivity index (χ4v) is 3.96. The van der Waals surface area contributed by atoms with Gasteiger partial charge in [-0.05, 0) is 27.7 Å². The number of carbonyl (C=O) groups is 1. The Morgan fingerprint density at radius 1 is 1.43 bits per heavy atom. The zero-order valence-electron chi connectivity index (χ0n) is 13.7. The van der Waals surface area contributed by atoms with E-state index in [0.717, 1.165) is 16.7 Å². The van der Waals surface area contributed by atoms with Gasteiger partial charge >= 0.3 is 6.09 Å². The van der Waals surface area contributed by atoms with Crippen LogP contribution in [0.3, 0.4) is 0 Å². The van der Waals surface area contributed by atoms with Crippen LogP contribution in [-0.4, -0.2) is 49.2 Å². The monoisotopic (exact) mass is 336 g/mol. The molecular weight excluding hydrogens is 315 g/mol. The minimum atomic E-state index is -0.491. The molecule has 0 aliphatic carbocycles. The molecule has 1 aliphatic heterocycles. The third-order valence-electron chi connectivity index (χ3n) is 3.55. The highest BCUT2D eigenvalue weighted by molar-refractivity contribution is 7.38. The van der Waals surface area contributed by atoms with Crippen LogP contribution < -0.4 is 5.73 Å². The van der Waals surface area contributed by atoms with Crippen molar-refractivity contribution < 1.29 is 9.53 Å². The van der Waals surface area contributed by atoms with Crippen molar-refractivity contribution >= 4 is 31.5 Å². The van der Waals surface area contributed by atoms with Crippen molar-refractivity contribution in [3.8, 4) is 0 Å². The van der Waals surface area contributed by atoms with Crippen LogP contribution >= 0.6 is 8.58 Å². The summed E-state index contributed by atoms with van der Waals surface area (Å²) < 4.78 is 7.30. The fourth-order valence-electron chi connectivity index (χ4n) is 2.57. The molecule has 23 heavy (non-hydrogen) atoms. The molecule has 1 amide bonds. The molecule has 0 aromatic carbocycles. The number of hydrogen-bond acceptors (Lipinski definition) is 6. The van der Waals surface area contributed by atoms with Crippen LogP contribution in [0.2, 0.25) is 0 Å². The van der Waals surface area contributed by atoms with Gasteiger partial charge in [-0.2, -0.15) is 5.10 Å². The standard InChI is InChI=1S/C14H21N6O2P/c1-8-10-11(15)16-6-17-12(10)20(18-8)9-5-19(7-23-9)13(21)22-14(2,3)4/h6,9,23H,5,7H2,1-4H3,(H2,15,16,17). The number of nitrogens with two attached hydrogens (primary N) is 1. The number of carbonyl (C=O) groups excluding carboxylic acids is 1. The lowest BCUT2D eigenvalue weighted by atomic mass is 10.2. The minimum Gasteiger partial charge on any atom is -0.444 e. The predicted octanol–water partition coefficient (Wildman–Crippen LogP) is 2.10. The van der Waals surface area contributed by atoms with Gasteiger partial charge in [0, 0.05) is 6.29 Å². The molecule has 9 heteroatoms. The van der Waals surface area contributed by atoms with Gasteiger partial charge in [-0.15, -0.1) is 0 Å². The van der Waals surface area contributed by atoms with Crippen LogP contribution in [0.4, 0.5) is 10.6 Å². The Morgan fingerprint density at radius 2 is 2.17 bits per heavy atom. The van der Waals surface area contributed by atoms with Gasteiger partial charge in [0.1, 0.15) is 17.7 Å². The van der Waals surface area contributed by atoms with Gasteiger partial charge in [-0.25, -0.2) is 19.4 Å². The average molecular weight is 336 g/mol. The second-order valence-electron chi connectivity index (χ2n) is 6.57. The Kier molecular flexibility index (Phi) is 3.88. The van der Waals surface area contributed by atoms with E-state index in [4.69, 9.17) is 10.5 Å². The molecule has 2 atom stereocenters. The van der Waals surface area contributed by atoms with Crippen molar-refractivity contribution in [2.45, 2.75) is 39.1 Å². The summed E-state index contributed by atoms with van der Waals surface area (Å²) >= 11 is 0. The summed E-state index contributed by atoms with van der Waals surface area (Å²) in [6, 6.07) is 0. The van der Waals surface area contributed by atoms with Crippen LogP contribution in [0.1, 0.15) is 32.2 Å². The van der Waals surface area contributed by atoms with Crippen molar-refractivity contribution in [3.05, 3.63) is 12.0 Å². The van der Waals surface area contributed by atoms with Gasteiger partial charge in [0.15, 0.2) is 5.65 Å². The molecule has 2 aromatic rings. The maximum Gasteiger partial charge on any atom is 0.410 e. The molecule has 3 heterocycles. The van der Waals surface area contributed by atoms with E-state index in [-0.39, 0.29) is 11.9 Å². The Balaban J connectivity index is 1.83.